The summed E-state index contributed by atoms with van der Waals surface area (Å²) in [6.07, 6.45) is 19.1. The summed E-state index contributed by atoms with van der Waals surface area (Å²) in [4.78, 5) is 76.6. The molecule has 536 valence electrons. The van der Waals surface area contributed by atoms with Gasteiger partial charge in [0.1, 0.15) is 29.9 Å². The first-order valence-corrected chi connectivity index (χ1v) is 38.0. The number of urea groups is 1. The second kappa shape index (κ2) is 37.3. The lowest BCUT2D eigenvalue weighted by Gasteiger charge is -2.27. The fourth-order valence-corrected chi connectivity index (χ4v) is 14.6. The van der Waals surface area contributed by atoms with Crippen molar-refractivity contribution in [1.29, 1.82) is 0 Å². The summed E-state index contributed by atoms with van der Waals surface area (Å²) in [5.41, 5.74) is 9.28. The second-order valence-corrected chi connectivity index (χ2v) is 30.4. The highest BCUT2D eigenvalue weighted by Gasteiger charge is 2.44. The molecule has 2 aliphatic heterocycles. The molecule has 0 saturated carbocycles. The van der Waals surface area contributed by atoms with E-state index < -0.39 is 72.9 Å². The minimum atomic E-state index is -4.11. The number of unbranched alkanes of at least 4 members (excludes halogenated alkanes) is 8. The highest BCUT2D eigenvalue weighted by atomic mass is 32.2. The Kier molecular flexibility index (Phi) is 29.4. The van der Waals surface area contributed by atoms with Crippen LogP contribution in [-0.2, 0) is 67.9 Å². The van der Waals surface area contributed by atoms with Crippen molar-refractivity contribution in [2.45, 2.75) is 186 Å². The molecule has 4 aromatic rings. The van der Waals surface area contributed by atoms with Gasteiger partial charge < -0.3 is 40.9 Å². The lowest BCUT2D eigenvalue weighted by Crippen LogP contribution is -2.46. The maximum absolute atomic E-state index is 13.5. The van der Waals surface area contributed by atoms with E-state index in [4.69, 9.17) is 9.84 Å². The maximum atomic E-state index is 13.5. The van der Waals surface area contributed by atoms with Crippen LogP contribution in [0.5, 0.6) is 5.75 Å². The molecular formula is C76H100N5O16S2+. The number of nitrogens with one attached hydrogen (secondary N) is 3. The van der Waals surface area contributed by atoms with Gasteiger partial charge in [0.25, 0.3) is 20.2 Å². The van der Waals surface area contributed by atoms with Crippen LogP contribution in [0.4, 0.5) is 16.2 Å². The summed E-state index contributed by atoms with van der Waals surface area (Å²) in [6, 6.07) is 31.2. The molecule has 99 heavy (non-hydrogen) atoms. The number of aliphatic carboxylic acids is 3. The Morgan fingerprint density at radius 1 is 0.606 bits per heavy atom. The molecule has 0 spiro atoms. The van der Waals surface area contributed by atoms with Gasteiger partial charge in [-0.3, -0.25) is 28.3 Å². The summed E-state index contributed by atoms with van der Waals surface area (Å²) >= 11 is 0. The number of amides is 3. The van der Waals surface area contributed by atoms with Gasteiger partial charge in [-0.2, -0.15) is 21.4 Å². The third-order valence-electron chi connectivity index (χ3n) is 18.9. The fourth-order valence-electron chi connectivity index (χ4n) is 13.5. The number of carbonyl (C=O) groups excluding carboxylic acids is 3. The molecule has 8 N–H and O–H groups in total. The van der Waals surface area contributed by atoms with Crippen molar-refractivity contribution in [3.63, 3.8) is 0 Å². The molecule has 3 atom stereocenters. The van der Waals surface area contributed by atoms with Crippen LogP contribution in [0.2, 0.25) is 0 Å². The van der Waals surface area contributed by atoms with Gasteiger partial charge in [0.15, 0.2) is 5.71 Å². The van der Waals surface area contributed by atoms with Gasteiger partial charge in [0.2, 0.25) is 11.6 Å². The summed E-state index contributed by atoms with van der Waals surface area (Å²) in [5.74, 6) is -4.46. The number of benzene rings is 4. The summed E-state index contributed by atoms with van der Waals surface area (Å²) in [5, 5.41) is 36.6. The summed E-state index contributed by atoms with van der Waals surface area (Å²) in [7, 11) is -8.23. The molecule has 2 heterocycles. The van der Waals surface area contributed by atoms with Gasteiger partial charge in [-0.1, -0.05) is 137 Å². The zero-order chi connectivity index (χ0) is 71.8. The average Bonchev–Trinajstić information content (AvgIpc) is 1.61. The van der Waals surface area contributed by atoms with Crippen LogP contribution in [0.25, 0.3) is 0 Å². The van der Waals surface area contributed by atoms with Crippen LogP contribution < -0.4 is 25.6 Å². The third-order valence-corrected chi connectivity index (χ3v) is 20.5. The molecule has 4 aromatic carbocycles. The predicted molar refractivity (Wildman–Crippen MR) is 383 cm³/mol. The average molecular weight is 1400 g/mol. The number of fused-ring (bicyclic) bond motifs is 2. The number of Topliss-reactive ketones (excluding diaryl/α,β-unsaturated/α-hetero) is 1. The molecular weight excluding hydrogens is 1300 g/mol. The number of ketones is 1. The molecule has 3 aliphatic rings. The molecule has 0 unspecified atom stereocenters. The lowest BCUT2D eigenvalue weighted by molar-refractivity contribution is -0.438. The minimum absolute atomic E-state index is 0.0324. The summed E-state index contributed by atoms with van der Waals surface area (Å²) in [6.45, 7) is 10.2. The molecule has 23 heteroatoms. The number of rotatable bonds is 42. The van der Waals surface area contributed by atoms with E-state index in [0.717, 1.165) is 108 Å². The van der Waals surface area contributed by atoms with E-state index in [-0.39, 0.29) is 61.8 Å². The number of para-hydroxylation sites is 2. The zero-order valence-electron chi connectivity index (χ0n) is 57.6. The molecule has 0 saturated heterocycles. The topological polar surface area (TPSA) is 323 Å². The second-order valence-electron chi connectivity index (χ2n) is 27.2. The van der Waals surface area contributed by atoms with E-state index in [0.29, 0.717) is 88.9 Å². The summed E-state index contributed by atoms with van der Waals surface area (Å²) < 4.78 is 74.9. The van der Waals surface area contributed by atoms with Gasteiger partial charge >= 0.3 is 23.9 Å². The fraction of sp³-hybridized carbons (Fsp3) is 0.487. The van der Waals surface area contributed by atoms with E-state index in [1.807, 2.05) is 78.9 Å². The van der Waals surface area contributed by atoms with Crippen molar-refractivity contribution in [1.82, 2.24) is 16.0 Å². The van der Waals surface area contributed by atoms with Gasteiger partial charge in [-0.15, -0.1) is 0 Å². The number of carbonyl (C=O) groups is 6. The smallest absolute Gasteiger partial charge is 0.326 e. The van der Waals surface area contributed by atoms with E-state index in [2.05, 4.69) is 102 Å². The lowest BCUT2D eigenvalue weighted by atomic mass is 9.81. The molecule has 1 aliphatic carbocycles. The highest BCUT2D eigenvalue weighted by Crippen LogP contribution is 2.48. The largest absolute Gasteiger partial charge is 0.481 e. The number of anilines is 1. The first-order chi connectivity index (χ1) is 47.1. The van der Waals surface area contributed by atoms with Gasteiger partial charge in [-0.25, -0.2) is 9.59 Å². The Bertz CT molecular complexity index is 3860. The third kappa shape index (κ3) is 24.3. The first-order valence-electron chi connectivity index (χ1n) is 34.8. The maximum Gasteiger partial charge on any atom is 0.326 e. The number of allylic oxidation sites excluding steroid dienone is 7. The Hall–Kier alpha value is -8.25. The number of carboxylic acids is 3. The first kappa shape index (κ1) is 78.1. The van der Waals surface area contributed by atoms with Crippen LogP contribution in [-0.4, -0.2) is 131 Å². The Labute approximate surface area is 583 Å². The highest BCUT2D eigenvalue weighted by molar-refractivity contribution is 7.86. The number of nitrogens with zero attached hydrogens (tertiary/aromatic N) is 2. The van der Waals surface area contributed by atoms with Crippen molar-refractivity contribution in [2.24, 2.45) is 11.8 Å². The van der Waals surface area contributed by atoms with Crippen LogP contribution in [0.15, 0.2) is 150 Å². The monoisotopic (exact) mass is 1400 g/mol. The number of carboxylic acid groups (broad SMARTS) is 3. The van der Waals surface area contributed by atoms with Gasteiger partial charge in [0.05, 0.1) is 22.8 Å². The number of hydrogen-bond acceptors (Lipinski definition) is 12. The minimum Gasteiger partial charge on any atom is -0.481 e. The van der Waals surface area contributed by atoms with Crippen LogP contribution in [0.3, 0.4) is 0 Å². The quantitative estimate of drug-likeness (QED) is 0.0116. The van der Waals surface area contributed by atoms with E-state index in [1.165, 1.54) is 0 Å². The SMILES string of the molecule is CC1(C)C(=CC=C2CCCC(C=CC3=[N+](CCCCS(=O)(=O)O)c4ccccc4C3(C)C)=C2Oc2ccc(C[C@H](CCCCCCCCCNC(=O)[C@@H](CC(=O)CC[C@H](NC(=O)NCCCC(=O)O)C(=O)O)Cc3ccccc3)C(=O)O)cc2)N(CCCCS(=O)(=O)O)c2ccccc21. The van der Waals surface area contributed by atoms with Gasteiger partial charge in [0, 0.05) is 85.7 Å². The predicted octanol–water partition coefficient (Wildman–Crippen LogP) is 12.8. The Balaban J connectivity index is 0.963. The van der Waals surface area contributed by atoms with Crippen molar-refractivity contribution in [3.8, 4) is 5.75 Å². The molecule has 0 radical (unpaired) electrons. The zero-order valence-corrected chi connectivity index (χ0v) is 59.2. The van der Waals surface area contributed by atoms with E-state index in [9.17, 15) is 64.9 Å². The number of hydrogen-bond donors (Lipinski definition) is 8. The Morgan fingerprint density at radius 2 is 1.22 bits per heavy atom. The van der Waals surface area contributed by atoms with Gasteiger partial charge in [-0.05, 0) is 149 Å². The molecule has 21 nitrogen and oxygen atoms in total. The Morgan fingerprint density at radius 3 is 1.90 bits per heavy atom. The van der Waals surface area contributed by atoms with E-state index >= 15 is 0 Å². The molecule has 0 fully saturated rings. The number of ether oxygens (including phenoxy) is 1. The van der Waals surface area contributed by atoms with Crippen molar-refractivity contribution in [3.05, 3.63) is 172 Å². The van der Waals surface area contributed by atoms with Crippen LogP contribution in [0, 0.1) is 11.8 Å². The molecule has 7 rings (SSSR count). The van der Waals surface area contributed by atoms with Crippen molar-refractivity contribution < 1.29 is 79.3 Å². The molecule has 0 aromatic heterocycles. The van der Waals surface area contributed by atoms with E-state index in [1.54, 1.807) is 0 Å². The standard InChI is InChI=1S/C76H99N5O16S2/c1-75(2)62-30-14-16-32-65(62)80(47-19-21-49-98(91,92)93)67(75)43-37-56-28-23-29-57(38-44-68-76(3,4)63-31-15-17-33-66(63)81(68)48-20-22-50-99(94,95)96)70(56)97-61-40-35-55(36-41-61)51-58(72(86)87)27-13-8-6-5-7-9-18-45-77-71(85)59(52-54-25-11-10-12-26-54)53-60(82)39-42-64(73(88)89)79-74(90)78-46-24-34-69(83)84/h10-12,14-17,25-26,30-33,35-38,40-41,43-44,58-59,64H,5-9,13,18-24,27-29,34,39,42,45-53H2,1-4H3,(H7-,77,78,79,83,84,85,86,87,88,89,90,91,92,93,94,95,96)/p+1/t58-,59+,64-/m0/s1. The van der Waals surface area contributed by atoms with Crippen LogP contribution >= 0.6 is 0 Å². The van der Waals surface area contributed by atoms with Crippen LogP contribution in [0.1, 0.15) is 178 Å². The van der Waals surface area contributed by atoms with Crippen molar-refractivity contribution >= 4 is 73.0 Å². The molecule has 0 bridgehead atoms. The normalized spacial score (nSPS) is 16.7. The molecule has 3 amide bonds. The van der Waals surface area contributed by atoms with Crippen molar-refractivity contribution in [2.75, 3.05) is 42.6 Å².